The van der Waals surface area contributed by atoms with Crippen LogP contribution in [0.4, 0.5) is 5.95 Å². The summed E-state index contributed by atoms with van der Waals surface area (Å²) >= 11 is 0. The van der Waals surface area contributed by atoms with Crippen LogP contribution in [0.1, 0.15) is 39.4 Å². The predicted octanol–water partition coefficient (Wildman–Crippen LogP) is 1.57. The molecule has 0 saturated carbocycles. The molecule has 1 atom stereocenters. The third-order valence-electron chi connectivity index (χ3n) is 3.69. The fourth-order valence-electron chi connectivity index (χ4n) is 2.53. The van der Waals surface area contributed by atoms with Gasteiger partial charge < -0.3 is 10.6 Å². The van der Waals surface area contributed by atoms with Crippen LogP contribution in [0.3, 0.4) is 0 Å². The van der Waals surface area contributed by atoms with E-state index in [9.17, 15) is 0 Å². The van der Waals surface area contributed by atoms with Crippen molar-refractivity contribution in [2.24, 2.45) is 17.6 Å². The number of aromatic nitrogens is 3. The first-order valence-electron chi connectivity index (χ1n) is 6.98. The van der Waals surface area contributed by atoms with E-state index in [1.807, 2.05) is 0 Å². The second kappa shape index (κ2) is 5.69. The molecule has 0 radical (unpaired) electrons. The average Bonchev–Trinajstić information content (AvgIpc) is 2.76. The molecule has 5 heteroatoms. The predicted molar refractivity (Wildman–Crippen MR) is 73.5 cm³/mol. The van der Waals surface area contributed by atoms with Crippen molar-refractivity contribution in [3.8, 4) is 0 Å². The number of anilines is 1. The molecule has 102 valence electrons. The van der Waals surface area contributed by atoms with Gasteiger partial charge in [0, 0.05) is 25.6 Å². The monoisotopic (exact) mass is 251 g/mol. The van der Waals surface area contributed by atoms with Crippen molar-refractivity contribution in [3.05, 3.63) is 5.82 Å². The van der Waals surface area contributed by atoms with Crippen LogP contribution in [0.2, 0.25) is 0 Å². The van der Waals surface area contributed by atoms with E-state index >= 15 is 0 Å². The van der Waals surface area contributed by atoms with Crippen molar-refractivity contribution in [2.45, 2.75) is 46.1 Å². The summed E-state index contributed by atoms with van der Waals surface area (Å²) in [5, 5.41) is 7.36. The summed E-state index contributed by atoms with van der Waals surface area (Å²) in [4.78, 5) is 6.84. The van der Waals surface area contributed by atoms with Crippen LogP contribution in [0.25, 0.3) is 0 Å². The molecule has 18 heavy (non-hydrogen) atoms. The number of nitrogens with two attached hydrogens (primary N) is 1. The highest BCUT2D eigenvalue weighted by atomic mass is 15.4. The zero-order valence-corrected chi connectivity index (χ0v) is 11.7. The normalized spacial score (nSPS) is 19.5. The van der Waals surface area contributed by atoms with Crippen molar-refractivity contribution in [1.29, 1.82) is 0 Å². The number of hydrogen-bond acceptors (Lipinski definition) is 4. The van der Waals surface area contributed by atoms with E-state index in [0.29, 0.717) is 17.9 Å². The van der Waals surface area contributed by atoms with Crippen LogP contribution < -0.4 is 10.6 Å². The summed E-state index contributed by atoms with van der Waals surface area (Å²) in [6, 6.07) is 0.302. The topological polar surface area (TPSA) is 70.8 Å². The maximum atomic E-state index is 5.95. The lowest BCUT2D eigenvalue weighted by Gasteiger charge is -2.32. The van der Waals surface area contributed by atoms with E-state index in [1.54, 1.807) is 0 Å². The Morgan fingerprint density at radius 3 is 2.56 bits per heavy atom. The molecule has 0 aliphatic carbocycles. The summed E-state index contributed by atoms with van der Waals surface area (Å²) in [5.41, 5.74) is 5.95. The van der Waals surface area contributed by atoms with Gasteiger partial charge in [0.15, 0.2) is 0 Å². The molecule has 1 aliphatic rings. The SMILES string of the molecule is CC(C)Cc1nc(N2CCC(C(C)N)CC2)n[nH]1. The van der Waals surface area contributed by atoms with Gasteiger partial charge in [-0.25, -0.2) is 0 Å². The first kappa shape index (κ1) is 13.3. The molecule has 2 heterocycles. The Morgan fingerprint density at radius 2 is 2.00 bits per heavy atom. The van der Waals surface area contributed by atoms with E-state index in [4.69, 9.17) is 5.73 Å². The highest BCUT2D eigenvalue weighted by Crippen LogP contribution is 2.22. The molecule has 1 aliphatic heterocycles. The Labute approximate surface area is 109 Å². The van der Waals surface area contributed by atoms with Gasteiger partial charge in [-0.1, -0.05) is 13.8 Å². The van der Waals surface area contributed by atoms with E-state index in [-0.39, 0.29) is 0 Å². The molecule has 0 bridgehead atoms. The van der Waals surface area contributed by atoms with Crippen molar-refractivity contribution in [2.75, 3.05) is 18.0 Å². The van der Waals surface area contributed by atoms with Gasteiger partial charge in [-0.3, -0.25) is 5.10 Å². The van der Waals surface area contributed by atoms with Gasteiger partial charge >= 0.3 is 0 Å². The molecule has 1 aromatic rings. The number of piperidine rings is 1. The largest absolute Gasteiger partial charge is 0.340 e. The molecular formula is C13H25N5. The van der Waals surface area contributed by atoms with Gasteiger partial charge in [-0.15, -0.1) is 5.10 Å². The van der Waals surface area contributed by atoms with Gasteiger partial charge in [0.25, 0.3) is 0 Å². The molecule has 1 fully saturated rings. The van der Waals surface area contributed by atoms with Crippen molar-refractivity contribution in [3.63, 3.8) is 0 Å². The minimum atomic E-state index is 0.302. The summed E-state index contributed by atoms with van der Waals surface area (Å²) in [6.07, 6.45) is 3.25. The third-order valence-corrected chi connectivity index (χ3v) is 3.69. The van der Waals surface area contributed by atoms with Crippen LogP contribution in [0, 0.1) is 11.8 Å². The molecule has 0 amide bonds. The number of hydrogen-bond donors (Lipinski definition) is 2. The molecule has 1 unspecified atom stereocenters. The van der Waals surface area contributed by atoms with Gasteiger partial charge in [-0.05, 0) is 31.6 Å². The fourth-order valence-corrected chi connectivity index (χ4v) is 2.53. The minimum absolute atomic E-state index is 0.302. The Bertz CT molecular complexity index is 363. The van der Waals surface area contributed by atoms with Crippen molar-refractivity contribution >= 4 is 5.95 Å². The van der Waals surface area contributed by atoms with E-state index < -0.39 is 0 Å². The Hall–Kier alpha value is -1.10. The molecule has 1 aromatic heterocycles. The first-order valence-corrected chi connectivity index (χ1v) is 6.98. The van der Waals surface area contributed by atoms with E-state index in [2.05, 4.69) is 40.9 Å². The number of H-pyrrole nitrogens is 1. The van der Waals surface area contributed by atoms with Crippen LogP contribution in [-0.4, -0.2) is 34.3 Å². The maximum Gasteiger partial charge on any atom is 0.244 e. The standard InChI is InChI=1S/C13H25N5/c1-9(2)8-12-15-13(17-16-12)18-6-4-11(5-7-18)10(3)14/h9-11H,4-8,14H2,1-3H3,(H,15,16,17). The van der Waals surface area contributed by atoms with Gasteiger partial charge in [-0.2, -0.15) is 4.98 Å². The number of aromatic amines is 1. The lowest BCUT2D eigenvalue weighted by Crippen LogP contribution is -2.40. The summed E-state index contributed by atoms with van der Waals surface area (Å²) in [6.45, 7) is 8.52. The lowest BCUT2D eigenvalue weighted by atomic mass is 9.91. The van der Waals surface area contributed by atoms with Crippen LogP contribution in [0.15, 0.2) is 0 Å². The highest BCUT2D eigenvalue weighted by molar-refractivity contribution is 5.29. The quantitative estimate of drug-likeness (QED) is 0.852. The second-order valence-corrected chi connectivity index (χ2v) is 5.86. The molecule has 1 saturated heterocycles. The van der Waals surface area contributed by atoms with Crippen LogP contribution >= 0.6 is 0 Å². The summed E-state index contributed by atoms with van der Waals surface area (Å²) in [5.74, 6) is 3.10. The van der Waals surface area contributed by atoms with Gasteiger partial charge in [0.1, 0.15) is 5.82 Å². The fraction of sp³-hybridized carbons (Fsp3) is 0.846. The van der Waals surface area contributed by atoms with Crippen LogP contribution in [-0.2, 0) is 6.42 Å². The molecule has 2 rings (SSSR count). The summed E-state index contributed by atoms with van der Waals surface area (Å²) in [7, 11) is 0. The average molecular weight is 251 g/mol. The molecule has 5 nitrogen and oxygen atoms in total. The zero-order chi connectivity index (χ0) is 13.1. The molecular weight excluding hydrogens is 226 g/mol. The van der Waals surface area contributed by atoms with Crippen LogP contribution in [0.5, 0.6) is 0 Å². The Balaban J connectivity index is 1.91. The van der Waals surface area contributed by atoms with Crippen molar-refractivity contribution in [1.82, 2.24) is 15.2 Å². The van der Waals surface area contributed by atoms with E-state index in [1.165, 1.54) is 0 Å². The number of rotatable bonds is 4. The second-order valence-electron chi connectivity index (χ2n) is 5.86. The lowest BCUT2D eigenvalue weighted by molar-refractivity contribution is 0.352. The summed E-state index contributed by atoms with van der Waals surface area (Å²) < 4.78 is 0. The third kappa shape index (κ3) is 3.22. The smallest absolute Gasteiger partial charge is 0.244 e. The first-order chi connectivity index (χ1) is 8.56. The molecule has 0 spiro atoms. The Kier molecular flexibility index (Phi) is 4.22. The minimum Gasteiger partial charge on any atom is -0.340 e. The maximum absolute atomic E-state index is 5.95. The molecule has 0 aromatic carbocycles. The highest BCUT2D eigenvalue weighted by Gasteiger charge is 2.23. The van der Waals surface area contributed by atoms with Crippen molar-refractivity contribution < 1.29 is 0 Å². The zero-order valence-electron chi connectivity index (χ0n) is 11.7. The van der Waals surface area contributed by atoms with Gasteiger partial charge in [0.2, 0.25) is 5.95 Å². The van der Waals surface area contributed by atoms with Gasteiger partial charge in [0.05, 0.1) is 0 Å². The molecule has 3 N–H and O–H groups in total. The van der Waals surface area contributed by atoms with E-state index in [0.717, 1.165) is 44.1 Å². The number of nitrogens with zero attached hydrogens (tertiary/aromatic N) is 3. The number of nitrogens with one attached hydrogen (secondary N) is 1. The Morgan fingerprint density at radius 1 is 1.33 bits per heavy atom.